The number of hydrogen-bond acceptors (Lipinski definition) is 3. The van der Waals surface area contributed by atoms with E-state index in [0.29, 0.717) is 23.1 Å². The molecule has 0 unspecified atom stereocenters. The van der Waals surface area contributed by atoms with Crippen LogP contribution in [0.1, 0.15) is 23.2 Å². The fourth-order valence-corrected chi connectivity index (χ4v) is 1.45. The molecule has 0 saturated heterocycles. The number of hydrogen-bond donors (Lipinski definition) is 2. The van der Waals surface area contributed by atoms with Gasteiger partial charge in [0.25, 0.3) is 5.91 Å². The average molecular weight is 273 g/mol. The van der Waals surface area contributed by atoms with E-state index in [9.17, 15) is 4.79 Å². The van der Waals surface area contributed by atoms with Crippen molar-refractivity contribution in [3.8, 4) is 0 Å². The number of aromatic nitrogens is 1. The van der Waals surface area contributed by atoms with E-state index in [4.69, 9.17) is 5.11 Å². The Bertz CT molecular complexity index is 331. The number of unbranched alkanes of at least 4 members (excludes halogenated alkanes) is 1. The van der Waals surface area contributed by atoms with E-state index >= 15 is 0 Å². The van der Waals surface area contributed by atoms with Crippen LogP contribution in [0, 0.1) is 0 Å². The molecule has 0 spiro atoms. The van der Waals surface area contributed by atoms with Gasteiger partial charge >= 0.3 is 0 Å². The molecule has 0 aliphatic rings. The molecule has 0 aromatic carbocycles. The summed E-state index contributed by atoms with van der Waals surface area (Å²) in [6.45, 7) is 0.746. The summed E-state index contributed by atoms with van der Waals surface area (Å²) in [5.74, 6) is -0.115. The highest BCUT2D eigenvalue weighted by Crippen LogP contribution is 2.07. The Balaban J connectivity index is 2.40. The third-order valence-electron chi connectivity index (χ3n) is 1.86. The zero-order valence-electron chi connectivity index (χ0n) is 8.24. The Morgan fingerprint density at radius 1 is 1.53 bits per heavy atom. The monoisotopic (exact) mass is 272 g/mol. The standard InChI is InChI=1S/C10H13BrN2O2/c11-9-7-8(3-5-12-9)10(15)13-4-1-2-6-14/h3,5,7,14H,1-2,4,6H2,(H,13,15). The third-order valence-corrected chi connectivity index (χ3v) is 2.29. The number of aliphatic hydroxyl groups is 1. The number of amides is 1. The van der Waals surface area contributed by atoms with Gasteiger partial charge in [-0.2, -0.15) is 0 Å². The van der Waals surface area contributed by atoms with E-state index in [-0.39, 0.29) is 12.5 Å². The largest absolute Gasteiger partial charge is 0.396 e. The second-order valence-electron chi connectivity index (χ2n) is 3.05. The number of nitrogens with zero attached hydrogens (tertiary/aromatic N) is 1. The molecule has 0 aliphatic heterocycles. The first-order chi connectivity index (χ1) is 7.24. The number of carbonyl (C=O) groups excluding carboxylic acids is 1. The molecule has 15 heavy (non-hydrogen) atoms. The van der Waals surface area contributed by atoms with Gasteiger partial charge in [-0.05, 0) is 40.9 Å². The number of halogens is 1. The van der Waals surface area contributed by atoms with Crippen LogP contribution in [-0.2, 0) is 0 Å². The minimum absolute atomic E-state index is 0.115. The molecule has 0 atom stereocenters. The van der Waals surface area contributed by atoms with Gasteiger partial charge in [0.15, 0.2) is 0 Å². The first kappa shape index (κ1) is 12.1. The summed E-state index contributed by atoms with van der Waals surface area (Å²) < 4.78 is 0.644. The van der Waals surface area contributed by atoms with Crippen LogP contribution in [0.15, 0.2) is 22.9 Å². The van der Waals surface area contributed by atoms with Crippen molar-refractivity contribution in [1.82, 2.24) is 10.3 Å². The Morgan fingerprint density at radius 2 is 2.33 bits per heavy atom. The van der Waals surface area contributed by atoms with Crippen LogP contribution in [-0.4, -0.2) is 29.1 Å². The Labute approximate surface area is 96.8 Å². The highest BCUT2D eigenvalue weighted by molar-refractivity contribution is 9.10. The summed E-state index contributed by atoms with van der Waals surface area (Å²) in [7, 11) is 0. The lowest BCUT2D eigenvalue weighted by atomic mass is 10.2. The van der Waals surface area contributed by atoms with E-state index < -0.39 is 0 Å². The number of rotatable bonds is 5. The van der Waals surface area contributed by atoms with Crippen molar-refractivity contribution in [2.24, 2.45) is 0 Å². The fourth-order valence-electron chi connectivity index (χ4n) is 1.08. The van der Waals surface area contributed by atoms with Gasteiger partial charge < -0.3 is 10.4 Å². The summed E-state index contributed by atoms with van der Waals surface area (Å²) >= 11 is 3.20. The van der Waals surface area contributed by atoms with Crippen LogP contribution in [0.3, 0.4) is 0 Å². The van der Waals surface area contributed by atoms with E-state index in [1.807, 2.05) is 0 Å². The lowest BCUT2D eigenvalue weighted by Crippen LogP contribution is -2.24. The van der Waals surface area contributed by atoms with Crippen molar-refractivity contribution in [2.75, 3.05) is 13.2 Å². The highest BCUT2D eigenvalue weighted by Gasteiger charge is 2.04. The maximum absolute atomic E-state index is 11.5. The van der Waals surface area contributed by atoms with E-state index in [1.54, 1.807) is 18.3 Å². The minimum Gasteiger partial charge on any atom is -0.396 e. The molecule has 2 N–H and O–H groups in total. The Kier molecular flexibility index (Phi) is 5.28. The van der Waals surface area contributed by atoms with Crippen LogP contribution >= 0.6 is 15.9 Å². The van der Waals surface area contributed by atoms with Gasteiger partial charge in [-0.3, -0.25) is 4.79 Å². The van der Waals surface area contributed by atoms with Crippen molar-refractivity contribution in [1.29, 1.82) is 0 Å². The van der Waals surface area contributed by atoms with Gasteiger partial charge in [0, 0.05) is 24.9 Å². The molecule has 1 heterocycles. The molecule has 1 aromatic heterocycles. The normalized spacial score (nSPS) is 10.0. The van der Waals surface area contributed by atoms with Crippen LogP contribution in [0.5, 0.6) is 0 Å². The quantitative estimate of drug-likeness (QED) is 0.628. The first-order valence-corrected chi connectivity index (χ1v) is 5.54. The molecule has 0 saturated carbocycles. The van der Waals surface area contributed by atoms with Gasteiger partial charge in [-0.1, -0.05) is 0 Å². The summed E-state index contributed by atoms with van der Waals surface area (Å²) in [5, 5.41) is 11.3. The predicted octanol–water partition coefficient (Wildman–Crippen LogP) is 1.35. The lowest BCUT2D eigenvalue weighted by Gasteiger charge is -2.04. The van der Waals surface area contributed by atoms with E-state index in [2.05, 4.69) is 26.2 Å². The van der Waals surface area contributed by atoms with Gasteiger partial charge in [0.1, 0.15) is 4.60 Å². The molecular formula is C10H13BrN2O2. The Morgan fingerprint density at radius 3 is 3.00 bits per heavy atom. The van der Waals surface area contributed by atoms with Crippen LogP contribution < -0.4 is 5.32 Å². The molecule has 4 nitrogen and oxygen atoms in total. The van der Waals surface area contributed by atoms with Gasteiger partial charge in [-0.15, -0.1) is 0 Å². The maximum atomic E-state index is 11.5. The molecule has 0 bridgehead atoms. The second-order valence-corrected chi connectivity index (χ2v) is 3.87. The minimum atomic E-state index is -0.115. The van der Waals surface area contributed by atoms with E-state index in [0.717, 1.165) is 6.42 Å². The van der Waals surface area contributed by atoms with E-state index in [1.165, 1.54) is 0 Å². The zero-order valence-corrected chi connectivity index (χ0v) is 9.83. The molecule has 1 amide bonds. The van der Waals surface area contributed by atoms with Crippen molar-refractivity contribution < 1.29 is 9.90 Å². The van der Waals surface area contributed by atoms with Crippen LogP contribution in [0.25, 0.3) is 0 Å². The molecule has 1 rings (SSSR count). The lowest BCUT2D eigenvalue weighted by molar-refractivity contribution is 0.0952. The van der Waals surface area contributed by atoms with Crippen molar-refractivity contribution in [3.63, 3.8) is 0 Å². The molecule has 1 aromatic rings. The van der Waals surface area contributed by atoms with Crippen LogP contribution in [0.2, 0.25) is 0 Å². The van der Waals surface area contributed by atoms with Crippen LogP contribution in [0.4, 0.5) is 0 Å². The Hall–Kier alpha value is -0.940. The van der Waals surface area contributed by atoms with Gasteiger partial charge in [0.2, 0.25) is 0 Å². The molecular weight excluding hydrogens is 260 g/mol. The summed E-state index contributed by atoms with van der Waals surface area (Å²) in [6, 6.07) is 3.33. The second kappa shape index (κ2) is 6.53. The average Bonchev–Trinajstić information content (AvgIpc) is 2.24. The number of nitrogens with one attached hydrogen (secondary N) is 1. The smallest absolute Gasteiger partial charge is 0.251 e. The first-order valence-electron chi connectivity index (χ1n) is 4.74. The third kappa shape index (κ3) is 4.40. The molecule has 82 valence electrons. The summed E-state index contributed by atoms with van der Waals surface area (Å²) in [6.07, 6.45) is 3.07. The number of aliphatic hydroxyl groups excluding tert-OH is 1. The fraction of sp³-hybridized carbons (Fsp3) is 0.400. The van der Waals surface area contributed by atoms with Gasteiger partial charge in [-0.25, -0.2) is 4.98 Å². The maximum Gasteiger partial charge on any atom is 0.251 e. The molecule has 0 fully saturated rings. The number of carbonyl (C=O) groups is 1. The topological polar surface area (TPSA) is 62.2 Å². The number of pyridine rings is 1. The molecule has 0 radical (unpaired) electrons. The zero-order chi connectivity index (χ0) is 11.1. The molecule has 0 aliphatic carbocycles. The SMILES string of the molecule is O=C(NCCCCO)c1ccnc(Br)c1. The predicted molar refractivity (Wildman–Crippen MR) is 60.6 cm³/mol. The highest BCUT2D eigenvalue weighted by atomic mass is 79.9. The van der Waals surface area contributed by atoms with Gasteiger partial charge in [0.05, 0.1) is 0 Å². The van der Waals surface area contributed by atoms with Crippen molar-refractivity contribution in [2.45, 2.75) is 12.8 Å². The van der Waals surface area contributed by atoms with Crippen molar-refractivity contribution >= 4 is 21.8 Å². The molecule has 5 heteroatoms. The summed E-state index contributed by atoms with van der Waals surface area (Å²) in [5.41, 5.74) is 0.584. The summed E-state index contributed by atoms with van der Waals surface area (Å²) in [4.78, 5) is 15.5. The van der Waals surface area contributed by atoms with Crippen molar-refractivity contribution in [3.05, 3.63) is 28.5 Å².